The van der Waals surface area contributed by atoms with Crippen LogP contribution in [0.1, 0.15) is 28.4 Å². The van der Waals surface area contributed by atoms with Crippen molar-refractivity contribution >= 4 is 5.78 Å². The predicted octanol–water partition coefficient (Wildman–Crippen LogP) is -0.00840. The van der Waals surface area contributed by atoms with Gasteiger partial charge in [-0.25, -0.2) is 0 Å². The number of rotatable bonds is 5. The number of carbonyl (C=O) groups is 1. The first-order chi connectivity index (χ1) is 15.7. The molecule has 6 atom stereocenters. The third-order valence-electron chi connectivity index (χ3n) is 5.64. The minimum absolute atomic E-state index is 0.00569. The van der Waals surface area contributed by atoms with Gasteiger partial charge in [-0.05, 0) is 17.7 Å². The summed E-state index contributed by atoms with van der Waals surface area (Å²) in [5.41, 5.74) is 0.491. The van der Waals surface area contributed by atoms with E-state index in [1.807, 2.05) is 0 Å². The van der Waals surface area contributed by atoms with Gasteiger partial charge in [-0.1, -0.05) is 6.07 Å². The molecule has 1 saturated heterocycles. The van der Waals surface area contributed by atoms with Crippen LogP contribution < -0.4 is 14.2 Å². The molecular formula is C22H24O11. The van der Waals surface area contributed by atoms with Crippen molar-refractivity contribution in [2.45, 2.75) is 43.2 Å². The molecule has 6 N–H and O–H groups in total. The SMILES string of the molecule is COc1ccc([C@H]2CC(=O)c3c(O[C@H]4O[C@H](CO)[C@@H](O)[C@H](O)[C@H]4O)cc(O)cc3O2)cc1O. The lowest BCUT2D eigenvalue weighted by molar-refractivity contribution is -0.277. The molecule has 2 aliphatic heterocycles. The number of phenolic OH excluding ortho intramolecular Hbond substituents is 2. The van der Waals surface area contributed by atoms with Gasteiger partial charge in [0.05, 0.1) is 20.1 Å². The lowest BCUT2D eigenvalue weighted by Gasteiger charge is -2.40. The first-order valence-electron chi connectivity index (χ1n) is 10.1. The summed E-state index contributed by atoms with van der Waals surface area (Å²) in [6.07, 6.45) is -8.58. The third kappa shape index (κ3) is 4.28. The summed E-state index contributed by atoms with van der Waals surface area (Å²) in [7, 11) is 1.41. The van der Waals surface area contributed by atoms with Gasteiger partial charge >= 0.3 is 0 Å². The van der Waals surface area contributed by atoms with Crippen LogP contribution in [0.3, 0.4) is 0 Å². The maximum atomic E-state index is 13.0. The normalized spacial score (nSPS) is 29.2. The molecule has 33 heavy (non-hydrogen) atoms. The van der Waals surface area contributed by atoms with Gasteiger partial charge in [0, 0.05) is 12.1 Å². The zero-order valence-electron chi connectivity index (χ0n) is 17.5. The van der Waals surface area contributed by atoms with Gasteiger partial charge in [-0.2, -0.15) is 0 Å². The Balaban J connectivity index is 1.63. The van der Waals surface area contributed by atoms with Gasteiger partial charge in [0.2, 0.25) is 6.29 Å². The van der Waals surface area contributed by atoms with Crippen LogP contribution in [-0.4, -0.2) is 80.8 Å². The van der Waals surface area contributed by atoms with Crippen LogP contribution in [0.15, 0.2) is 30.3 Å². The largest absolute Gasteiger partial charge is 0.508 e. The molecule has 0 bridgehead atoms. The van der Waals surface area contributed by atoms with Gasteiger partial charge in [0.1, 0.15) is 53.3 Å². The predicted molar refractivity (Wildman–Crippen MR) is 109 cm³/mol. The first kappa shape index (κ1) is 23.1. The van der Waals surface area contributed by atoms with E-state index in [9.17, 15) is 35.4 Å². The molecule has 2 aliphatic rings. The number of Topliss-reactive ketones (excluding diaryl/α,β-unsaturated/α-hetero) is 1. The van der Waals surface area contributed by atoms with Gasteiger partial charge in [0.25, 0.3) is 0 Å². The number of phenols is 2. The number of benzene rings is 2. The van der Waals surface area contributed by atoms with E-state index in [2.05, 4.69) is 0 Å². The van der Waals surface area contributed by atoms with Gasteiger partial charge in [-0.3, -0.25) is 4.79 Å². The number of carbonyl (C=O) groups excluding carboxylic acids is 1. The van der Waals surface area contributed by atoms with E-state index in [1.165, 1.54) is 25.3 Å². The lowest BCUT2D eigenvalue weighted by Crippen LogP contribution is -2.60. The number of aliphatic hydroxyl groups is 4. The molecule has 2 heterocycles. The second kappa shape index (κ2) is 9.04. The smallest absolute Gasteiger partial charge is 0.229 e. The Kier molecular flexibility index (Phi) is 6.32. The van der Waals surface area contributed by atoms with Gasteiger partial charge in [0.15, 0.2) is 17.3 Å². The van der Waals surface area contributed by atoms with Crippen LogP contribution in [0.5, 0.6) is 28.7 Å². The van der Waals surface area contributed by atoms with Crippen molar-refractivity contribution in [2.24, 2.45) is 0 Å². The zero-order chi connectivity index (χ0) is 23.9. The topological polar surface area (TPSA) is 175 Å². The second-order valence-corrected chi connectivity index (χ2v) is 7.80. The molecule has 11 heteroatoms. The molecule has 178 valence electrons. The number of ether oxygens (including phenoxy) is 4. The highest BCUT2D eigenvalue weighted by molar-refractivity contribution is 6.02. The maximum absolute atomic E-state index is 13.0. The minimum Gasteiger partial charge on any atom is -0.508 e. The number of hydrogen-bond donors (Lipinski definition) is 6. The van der Waals surface area contributed by atoms with Crippen LogP contribution in [0, 0.1) is 0 Å². The molecule has 2 aromatic carbocycles. The highest BCUT2D eigenvalue weighted by Gasteiger charge is 2.45. The number of methoxy groups -OCH3 is 1. The standard InChI is InChI=1S/C22H24O11/c1-30-13-3-2-9(4-11(13)25)14-7-12(26)18-15(31-14)5-10(24)6-16(18)32-22-21(29)20(28)19(27)17(8-23)33-22/h2-6,14,17,19-25,27-29H,7-8H2,1H3/t14-,17-,19-,20+,21-,22+/m1/s1. The quantitative estimate of drug-likeness (QED) is 0.351. The molecule has 0 spiro atoms. The first-order valence-corrected chi connectivity index (χ1v) is 10.1. The van der Waals surface area contributed by atoms with Crippen LogP contribution in [0.4, 0.5) is 0 Å². The Morgan fingerprint density at radius 1 is 1.03 bits per heavy atom. The number of aromatic hydroxyl groups is 2. The second-order valence-electron chi connectivity index (χ2n) is 7.80. The number of aliphatic hydroxyl groups excluding tert-OH is 4. The van der Waals surface area contributed by atoms with E-state index in [0.717, 1.165) is 6.07 Å². The average molecular weight is 464 g/mol. The van der Waals surface area contributed by atoms with Crippen molar-refractivity contribution in [3.8, 4) is 28.7 Å². The fourth-order valence-corrected chi connectivity index (χ4v) is 3.89. The lowest BCUT2D eigenvalue weighted by atomic mass is 9.95. The van der Waals surface area contributed by atoms with E-state index in [1.54, 1.807) is 6.07 Å². The number of fused-ring (bicyclic) bond motifs is 1. The van der Waals surface area contributed by atoms with Crippen LogP contribution in [0.25, 0.3) is 0 Å². The summed E-state index contributed by atoms with van der Waals surface area (Å²) in [5.74, 6) is -0.745. The van der Waals surface area contributed by atoms with E-state index >= 15 is 0 Å². The van der Waals surface area contributed by atoms with Crippen molar-refractivity contribution in [3.63, 3.8) is 0 Å². The van der Waals surface area contributed by atoms with Crippen molar-refractivity contribution in [3.05, 3.63) is 41.5 Å². The molecule has 0 unspecified atom stereocenters. The monoisotopic (exact) mass is 464 g/mol. The summed E-state index contributed by atoms with van der Waals surface area (Å²) in [6.45, 7) is -0.651. The highest BCUT2D eigenvalue weighted by Crippen LogP contribution is 2.44. The number of hydrogen-bond acceptors (Lipinski definition) is 11. The highest BCUT2D eigenvalue weighted by atomic mass is 16.7. The Bertz CT molecular complexity index is 1040. The summed E-state index contributed by atoms with van der Waals surface area (Å²) in [5, 5.41) is 59.7. The average Bonchev–Trinajstić information content (AvgIpc) is 2.78. The van der Waals surface area contributed by atoms with Crippen molar-refractivity contribution in [1.82, 2.24) is 0 Å². The van der Waals surface area contributed by atoms with Crippen molar-refractivity contribution in [1.29, 1.82) is 0 Å². The van der Waals surface area contributed by atoms with Crippen LogP contribution in [0.2, 0.25) is 0 Å². The summed E-state index contributed by atoms with van der Waals surface area (Å²) in [4.78, 5) is 13.0. The van der Waals surface area contributed by atoms with E-state index in [-0.39, 0.29) is 40.7 Å². The molecule has 1 fully saturated rings. The van der Waals surface area contributed by atoms with Crippen molar-refractivity contribution in [2.75, 3.05) is 13.7 Å². The van der Waals surface area contributed by atoms with E-state index in [4.69, 9.17) is 18.9 Å². The van der Waals surface area contributed by atoms with E-state index < -0.39 is 49.2 Å². The Labute approximate surface area is 188 Å². The molecule has 0 radical (unpaired) electrons. The van der Waals surface area contributed by atoms with Crippen LogP contribution >= 0.6 is 0 Å². The van der Waals surface area contributed by atoms with Gasteiger partial charge < -0.3 is 49.6 Å². The molecule has 2 aromatic rings. The van der Waals surface area contributed by atoms with E-state index in [0.29, 0.717) is 5.56 Å². The van der Waals surface area contributed by atoms with Crippen LogP contribution in [-0.2, 0) is 4.74 Å². The Morgan fingerprint density at radius 3 is 2.45 bits per heavy atom. The summed E-state index contributed by atoms with van der Waals surface area (Å²) < 4.78 is 21.8. The minimum atomic E-state index is -1.70. The molecule has 0 saturated carbocycles. The molecule has 11 nitrogen and oxygen atoms in total. The maximum Gasteiger partial charge on any atom is 0.229 e. The fraction of sp³-hybridized carbons (Fsp3) is 0.409. The molecule has 0 aromatic heterocycles. The molecule has 0 amide bonds. The molecule has 0 aliphatic carbocycles. The third-order valence-corrected chi connectivity index (χ3v) is 5.64. The van der Waals surface area contributed by atoms with Crippen molar-refractivity contribution < 1.29 is 54.4 Å². The Morgan fingerprint density at radius 2 is 1.79 bits per heavy atom. The number of ketones is 1. The Hall–Kier alpha value is -3.09. The summed E-state index contributed by atoms with van der Waals surface area (Å²) in [6, 6.07) is 6.93. The van der Waals surface area contributed by atoms with Gasteiger partial charge in [-0.15, -0.1) is 0 Å². The molecule has 4 rings (SSSR count). The fourth-order valence-electron chi connectivity index (χ4n) is 3.89. The molecular weight excluding hydrogens is 440 g/mol. The summed E-state index contributed by atoms with van der Waals surface area (Å²) >= 11 is 0. The zero-order valence-corrected chi connectivity index (χ0v) is 17.5.